The van der Waals surface area contributed by atoms with E-state index in [0.717, 1.165) is 25.2 Å². The lowest BCUT2D eigenvalue weighted by Crippen LogP contribution is -2.06. The van der Waals surface area contributed by atoms with Crippen LogP contribution in [0.3, 0.4) is 0 Å². The van der Waals surface area contributed by atoms with E-state index in [9.17, 15) is 0 Å². The predicted molar refractivity (Wildman–Crippen MR) is 78.5 cm³/mol. The highest BCUT2D eigenvalue weighted by Gasteiger charge is 2.02. The third kappa shape index (κ3) is 3.21. The fourth-order valence-electron chi connectivity index (χ4n) is 1.87. The molecule has 2 aromatic rings. The van der Waals surface area contributed by atoms with E-state index in [1.54, 1.807) is 6.07 Å². The van der Waals surface area contributed by atoms with E-state index in [0.29, 0.717) is 10.0 Å². The average molecular weight is 283 g/mol. The predicted octanol–water partition coefficient (Wildman–Crippen LogP) is 4.82. The van der Waals surface area contributed by atoms with E-state index >= 15 is 0 Å². The first kappa shape index (κ1) is 13.3. The molecule has 0 saturated heterocycles. The SMILES string of the molecule is CCCn1cccc1CNc1ccc(Cl)c(Cl)c1. The molecule has 4 heteroatoms. The highest BCUT2D eigenvalue weighted by molar-refractivity contribution is 6.42. The zero-order valence-corrected chi connectivity index (χ0v) is 11.8. The Hall–Kier alpha value is -1.12. The zero-order valence-electron chi connectivity index (χ0n) is 10.3. The summed E-state index contributed by atoms with van der Waals surface area (Å²) in [6.07, 6.45) is 3.24. The number of hydrogen-bond acceptors (Lipinski definition) is 1. The van der Waals surface area contributed by atoms with Crippen molar-refractivity contribution in [2.45, 2.75) is 26.4 Å². The van der Waals surface area contributed by atoms with Crippen molar-refractivity contribution >= 4 is 28.9 Å². The van der Waals surface area contributed by atoms with Gasteiger partial charge in [0.05, 0.1) is 16.6 Å². The molecule has 1 aromatic heterocycles. The van der Waals surface area contributed by atoms with E-state index < -0.39 is 0 Å². The molecule has 0 atom stereocenters. The number of nitrogens with zero attached hydrogens (tertiary/aromatic N) is 1. The van der Waals surface area contributed by atoms with Crippen LogP contribution in [0.25, 0.3) is 0 Å². The fourth-order valence-corrected chi connectivity index (χ4v) is 2.17. The van der Waals surface area contributed by atoms with Crippen LogP contribution < -0.4 is 5.32 Å². The van der Waals surface area contributed by atoms with Gasteiger partial charge in [-0.05, 0) is 36.8 Å². The first-order chi connectivity index (χ1) is 8.70. The molecule has 0 aliphatic heterocycles. The minimum Gasteiger partial charge on any atom is -0.379 e. The number of aryl methyl sites for hydroxylation is 1. The molecule has 0 fully saturated rings. The van der Waals surface area contributed by atoms with Gasteiger partial charge in [0.2, 0.25) is 0 Å². The minimum absolute atomic E-state index is 0.575. The standard InChI is InChI=1S/C14H16Cl2N2/c1-2-7-18-8-3-4-12(18)10-17-11-5-6-13(15)14(16)9-11/h3-6,8-9,17H,2,7,10H2,1H3. The monoisotopic (exact) mass is 282 g/mol. The highest BCUT2D eigenvalue weighted by atomic mass is 35.5. The molecular formula is C14H16Cl2N2. The lowest BCUT2D eigenvalue weighted by Gasteiger charge is -2.10. The van der Waals surface area contributed by atoms with Crippen LogP contribution in [-0.2, 0) is 13.1 Å². The normalized spacial score (nSPS) is 10.6. The summed E-state index contributed by atoms with van der Waals surface area (Å²) in [6.45, 7) is 4.01. The Kier molecular flexibility index (Phi) is 4.56. The fraction of sp³-hybridized carbons (Fsp3) is 0.286. The molecule has 0 amide bonds. The van der Waals surface area contributed by atoms with Gasteiger partial charge in [0, 0.05) is 24.1 Å². The molecule has 0 aliphatic rings. The van der Waals surface area contributed by atoms with E-state index in [1.807, 2.05) is 12.1 Å². The van der Waals surface area contributed by atoms with E-state index in [2.05, 4.69) is 35.1 Å². The molecule has 2 nitrogen and oxygen atoms in total. The number of benzene rings is 1. The van der Waals surface area contributed by atoms with Crippen LogP contribution in [0.1, 0.15) is 19.0 Å². The van der Waals surface area contributed by atoms with Crippen molar-refractivity contribution in [3.8, 4) is 0 Å². The van der Waals surface area contributed by atoms with Crippen molar-refractivity contribution < 1.29 is 0 Å². The Morgan fingerprint density at radius 1 is 1.17 bits per heavy atom. The maximum Gasteiger partial charge on any atom is 0.0612 e. The minimum atomic E-state index is 0.575. The third-order valence-corrected chi connectivity index (χ3v) is 3.52. The summed E-state index contributed by atoms with van der Waals surface area (Å²) in [5, 5.41) is 4.50. The lowest BCUT2D eigenvalue weighted by molar-refractivity contribution is 0.654. The van der Waals surface area contributed by atoms with Gasteiger partial charge in [-0.2, -0.15) is 0 Å². The Labute approximate surface area is 118 Å². The summed E-state index contributed by atoms with van der Waals surface area (Å²) in [4.78, 5) is 0. The number of aromatic nitrogens is 1. The summed E-state index contributed by atoms with van der Waals surface area (Å²) >= 11 is 11.9. The second kappa shape index (κ2) is 6.17. The molecule has 1 heterocycles. The molecule has 1 aromatic carbocycles. The van der Waals surface area contributed by atoms with Crippen molar-refractivity contribution in [2.75, 3.05) is 5.32 Å². The molecule has 0 aliphatic carbocycles. The van der Waals surface area contributed by atoms with Crippen molar-refractivity contribution in [2.24, 2.45) is 0 Å². The van der Waals surface area contributed by atoms with Gasteiger partial charge < -0.3 is 9.88 Å². The first-order valence-electron chi connectivity index (χ1n) is 6.03. The lowest BCUT2D eigenvalue weighted by atomic mass is 10.3. The Balaban J connectivity index is 2.02. The smallest absolute Gasteiger partial charge is 0.0612 e. The van der Waals surface area contributed by atoms with E-state index in [4.69, 9.17) is 23.2 Å². The Morgan fingerprint density at radius 3 is 2.72 bits per heavy atom. The number of nitrogens with one attached hydrogen (secondary N) is 1. The molecule has 0 radical (unpaired) electrons. The molecular weight excluding hydrogens is 267 g/mol. The molecule has 96 valence electrons. The molecule has 1 N–H and O–H groups in total. The molecule has 18 heavy (non-hydrogen) atoms. The summed E-state index contributed by atoms with van der Waals surface area (Å²) < 4.78 is 2.25. The van der Waals surface area contributed by atoms with Crippen LogP contribution in [0.5, 0.6) is 0 Å². The first-order valence-corrected chi connectivity index (χ1v) is 6.79. The zero-order chi connectivity index (χ0) is 13.0. The number of hydrogen-bond donors (Lipinski definition) is 1. The van der Waals surface area contributed by atoms with Crippen LogP contribution in [0.2, 0.25) is 10.0 Å². The van der Waals surface area contributed by atoms with Gasteiger partial charge in [-0.15, -0.1) is 0 Å². The topological polar surface area (TPSA) is 17.0 Å². The molecule has 0 saturated carbocycles. The summed E-state index contributed by atoms with van der Waals surface area (Å²) in [5.41, 5.74) is 2.25. The average Bonchev–Trinajstić information content (AvgIpc) is 2.79. The van der Waals surface area contributed by atoms with Crippen molar-refractivity contribution in [3.63, 3.8) is 0 Å². The maximum absolute atomic E-state index is 5.98. The Bertz CT molecular complexity index is 520. The van der Waals surface area contributed by atoms with Crippen LogP contribution in [0, 0.1) is 0 Å². The molecule has 0 spiro atoms. The van der Waals surface area contributed by atoms with Crippen LogP contribution in [0.4, 0.5) is 5.69 Å². The molecule has 0 unspecified atom stereocenters. The summed E-state index contributed by atoms with van der Waals surface area (Å²) in [5.74, 6) is 0. The largest absolute Gasteiger partial charge is 0.379 e. The second-order valence-electron chi connectivity index (χ2n) is 4.18. The number of anilines is 1. The van der Waals surface area contributed by atoms with Gasteiger partial charge in [-0.25, -0.2) is 0 Å². The van der Waals surface area contributed by atoms with Crippen molar-refractivity contribution in [3.05, 3.63) is 52.3 Å². The summed E-state index contributed by atoms with van der Waals surface area (Å²) in [6, 6.07) is 9.78. The third-order valence-electron chi connectivity index (χ3n) is 2.78. The quantitative estimate of drug-likeness (QED) is 0.832. The van der Waals surface area contributed by atoms with Gasteiger partial charge in [-0.3, -0.25) is 0 Å². The second-order valence-corrected chi connectivity index (χ2v) is 4.99. The van der Waals surface area contributed by atoms with Gasteiger partial charge >= 0.3 is 0 Å². The van der Waals surface area contributed by atoms with Crippen LogP contribution in [0.15, 0.2) is 36.5 Å². The maximum atomic E-state index is 5.98. The number of halogens is 2. The van der Waals surface area contributed by atoms with E-state index in [-0.39, 0.29) is 0 Å². The van der Waals surface area contributed by atoms with E-state index in [1.165, 1.54) is 5.69 Å². The van der Waals surface area contributed by atoms with Crippen LogP contribution in [-0.4, -0.2) is 4.57 Å². The van der Waals surface area contributed by atoms with Gasteiger partial charge in [0.15, 0.2) is 0 Å². The van der Waals surface area contributed by atoms with Gasteiger partial charge in [-0.1, -0.05) is 30.1 Å². The Morgan fingerprint density at radius 2 is 2.00 bits per heavy atom. The highest BCUT2D eigenvalue weighted by Crippen LogP contribution is 2.25. The molecule has 0 bridgehead atoms. The van der Waals surface area contributed by atoms with Gasteiger partial charge in [0.25, 0.3) is 0 Å². The van der Waals surface area contributed by atoms with Crippen molar-refractivity contribution in [1.29, 1.82) is 0 Å². The van der Waals surface area contributed by atoms with Gasteiger partial charge in [0.1, 0.15) is 0 Å². The summed E-state index contributed by atoms with van der Waals surface area (Å²) in [7, 11) is 0. The molecule has 2 rings (SSSR count). The van der Waals surface area contributed by atoms with Crippen LogP contribution >= 0.6 is 23.2 Å². The van der Waals surface area contributed by atoms with Crippen molar-refractivity contribution in [1.82, 2.24) is 4.57 Å². The number of rotatable bonds is 5.